The molecule has 0 saturated heterocycles. The predicted molar refractivity (Wildman–Crippen MR) is 201 cm³/mol. The summed E-state index contributed by atoms with van der Waals surface area (Å²) < 4.78 is 8.97. The third-order valence-electron chi connectivity index (χ3n) is 9.50. The first kappa shape index (κ1) is 33.5. The number of methoxy groups -OCH3 is 1. The first-order valence-corrected chi connectivity index (χ1v) is 17.6. The average Bonchev–Trinajstić information content (AvgIpc) is 3.84. The van der Waals surface area contributed by atoms with Crippen LogP contribution in [0.4, 0.5) is 34.5 Å². The Labute approximate surface area is 294 Å². The number of anilines is 6. The molecule has 0 aromatic carbocycles. The van der Waals surface area contributed by atoms with E-state index in [4.69, 9.17) is 20.4 Å². The van der Waals surface area contributed by atoms with Crippen LogP contribution in [-0.4, -0.2) is 102 Å². The Morgan fingerprint density at radius 3 is 2.22 bits per heavy atom. The van der Waals surface area contributed by atoms with E-state index in [0.717, 1.165) is 56.8 Å². The minimum atomic E-state index is -0.169. The monoisotopic (exact) mass is 696 g/mol. The van der Waals surface area contributed by atoms with Crippen molar-refractivity contribution in [3.8, 4) is 0 Å². The highest BCUT2D eigenvalue weighted by Gasteiger charge is 2.38. The van der Waals surface area contributed by atoms with Gasteiger partial charge in [0.2, 0.25) is 11.9 Å². The summed E-state index contributed by atoms with van der Waals surface area (Å²) in [6.07, 6.45) is 9.74. The van der Waals surface area contributed by atoms with Crippen LogP contribution in [0.15, 0.2) is 49.1 Å². The van der Waals surface area contributed by atoms with E-state index in [0.29, 0.717) is 37.9 Å². The molecule has 1 aliphatic rings. The number of aromatic nitrogens is 6. The molecule has 6 heterocycles. The fourth-order valence-corrected chi connectivity index (χ4v) is 8.37. The molecule has 1 amide bonds. The van der Waals surface area contributed by atoms with Gasteiger partial charge in [0, 0.05) is 78.0 Å². The maximum atomic E-state index is 13.8. The number of ether oxygens (including phenoxy) is 1. The molecule has 0 bridgehead atoms. The van der Waals surface area contributed by atoms with E-state index >= 15 is 0 Å². The van der Waals surface area contributed by atoms with Crippen molar-refractivity contribution in [1.29, 1.82) is 0 Å². The third-order valence-corrected chi connectivity index (χ3v) is 10.8. The maximum absolute atomic E-state index is 13.8. The van der Waals surface area contributed by atoms with Gasteiger partial charge >= 0.3 is 0 Å². The summed E-state index contributed by atoms with van der Waals surface area (Å²) in [5, 5.41) is 17.1. The molecule has 15 heteroatoms. The van der Waals surface area contributed by atoms with Crippen molar-refractivity contribution in [3.63, 3.8) is 0 Å². The Kier molecular flexibility index (Phi) is 9.20. The number of carbonyl (C=O) groups excluding carboxylic acids is 1. The standard InChI is InChI=1S/C35H44N12O2S/c1-43(2)28-19-46-21(10-13-37-46)17-26(28)39-32-30-25-8-7-24(34(48)45(5)15-16-49-6)23(9-12-36)31(25)50-33(30)42-35(41-32)40-27-18-22-11-14-38-47(22)20-29(27)44(3)4/h10-11,13-14,17-20,23-24H,7-9,12,15-16,36H2,1-6H3,(H2,39,40,41,42). The summed E-state index contributed by atoms with van der Waals surface area (Å²) in [5.41, 5.74) is 13.0. The van der Waals surface area contributed by atoms with Crippen molar-refractivity contribution in [2.24, 2.45) is 11.7 Å². The van der Waals surface area contributed by atoms with Gasteiger partial charge in [0.05, 0.1) is 58.2 Å². The molecule has 2 atom stereocenters. The van der Waals surface area contributed by atoms with Crippen LogP contribution in [-0.2, 0) is 16.0 Å². The Hall–Kier alpha value is -4.99. The van der Waals surface area contributed by atoms with Crippen LogP contribution in [0.2, 0.25) is 0 Å². The summed E-state index contributed by atoms with van der Waals surface area (Å²) in [5.74, 6) is 1.11. The zero-order valence-corrected chi connectivity index (χ0v) is 30.2. The van der Waals surface area contributed by atoms with Gasteiger partial charge in [-0.05, 0) is 55.6 Å². The molecule has 0 radical (unpaired) electrons. The fraction of sp³-hybridized carbons (Fsp3) is 0.400. The van der Waals surface area contributed by atoms with E-state index in [-0.39, 0.29) is 17.7 Å². The van der Waals surface area contributed by atoms with Crippen LogP contribution in [0.25, 0.3) is 21.3 Å². The van der Waals surface area contributed by atoms with Crippen molar-refractivity contribution in [2.75, 3.05) is 82.5 Å². The fourth-order valence-electron chi connectivity index (χ4n) is 6.95. The number of hydrogen-bond donors (Lipinski definition) is 3. The number of pyridine rings is 2. The number of aryl methyl sites for hydroxylation is 1. The second kappa shape index (κ2) is 13.7. The largest absolute Gasteiger partial charge is 0.383 e. The number of carbonyl (C=O) groups is 1. The van der Waals surface area contributed by atoms with Crippen LogP contribution in [0.3, 0.4) is 0 Å². The topological polar surface area (TPSA) is 146 Å². The van der Waals surface area contributed by atoms with Crippen LogP contribution < -0.4 is 26.2 Å². The number of likely N-dealkylation sites (N-methyl/N-ethyl adjacent to an activating group) is 1. The molecule has 4 N–H and O–H groups in total. The Bertz CT molecular complexity index is 2170. The number of hydrogen-bond acceptors (Lipinski definition) is 12. The van der Waals surface area contributed by atoms with Crippen molar-refractivity contribution < 1.29 is 9.53 Å². The number of thiophene rings is 1. The van der Waals surface area contributed by atoms with Crippen LogP contribution in [0.5, 0.6) is 0 Å². The molecular formula is C35H44N12O2S. The van der Waals surface area contributed by atoms with Gasteiger partial charge in [0.15, 0.2) is 0 Å². The summed E-state index contributed by atoms with van der Waals surface area (Å²) >= 11 is 1.65. The predicted octanol–water partition coefficient (Wildman–Crippen LogP) is 4.71. The lowest BCUT2D eigenvalue weighted by Gasteiger charge is -2.33. The molecule has 14 nitrogen and oxygen atoms in total. The zero-order chi connectivity index (χ0) is 35.1. The molecule has 0 fully saturated rings. The van der Waals surface area contributed by atoms with Crippen molar-refractivity contribution in [2.45, 2.75) is 25.2 Å². The summed E-state index contributed by atoms with van der Waals surface area (Å²) in [4.78, 5) is 32.0. The highest BCUT2D eigenvalue weighted by molar-refractivity contribution is 7.19. The van der Waals surface area contributed by atoms with E-state index in [1.54, 1.807) is 35.7 Å². The van der Waals surface area contributed by atoms with Crippen LogP contribution >= 0.6 is 11.3 Å². The molecule has 2 unspecified atom stereocenters. The Morgan fingerprint density at radius 1 is 0.980 bits per heavy atom. The Morgan fingerprint density at radius 2 is 1.62 bits per heavy atom. The molecular weight excluding hydrogens is 653 g/mol. The number of rotatable bonds is 12. The molecule has 0 aliphatic heterocycles. The van der Waals surface area contributed by atoms with Gasteiger partial charge in [-0.15, -0.1) is 11.3 Å². The molecule has 0 spiro atoms. The van der Waals surface area contributed by atoms with Gasteiger partial charge in [0.25, 0.3) is 0 Å². The van der Waals surface area contributed by atoms with E-state index in [2.05, 4.69) is 31.8 Å². The lowest BCUT2D eigenvalue weighted by Crippen LogP contribution is -2.39. The summed E-state index contributed by atoms with van der Waals surface area (Å²) in [6.45, 7) is 1.52. The van der Waals surface area contributed by atoms with Gasteiger partial charge in [-0.3, -0.25) is 4.79 Å². The van der Waals surface area contributed by atoms with Crippen LogP contribution in [0.1, 0.15) is 29.2 Å². The van der Waals surface area contributed by atoms with Crippen LogP contribution in [0, 0.1) is 5.92 Å². The summed E-state index contributed by atoms with van der Waals surface area (Å²) in [7, 11) is 11.5. The molecule has 0 saturated carbocycles. The lowest BCUT2D eigenvalue weighted by molar-refractivity contribution is -0.136. The van der Waals surface area contributed by atoms with Gasteiger partial charge in [-0.1, -0.05) is 0 Å². The van der Waals surface area contributed by atoms with E-state index in [1.165, 1.54) is 10.4 Å². The smallest absolute Gasteiger partial charge is 0.230 e. The highest BCUT2D eigenvalue weighted by Crippen LogP contribution is 2.49. The molecule has 262 valence electrons. The zero-order valence-electron chi connectivity index (χ0n) is 29.3. The van der Waals surface area contributed by atoms with Gasteiger partial charge < -0.3 is 35.8 Å². The van der Waals surface area contributed by atoms with Crippen molar-refractivity contribution >= 4 is 73.0 Å². The van der Waals surface area contributed by atoms with Gasteiger partial charge in [0.1, 0.15) is 10.6 Å². The highest BCUT2D eigenvalue weighted by atomic mass is 32.1. The number of fused-ring (bicyclic) bond motifs is 5. The van der Waals surface area contributed by atoms with E-state index in [1.807, 2.05) is 79.8 Å². The molecule has 7 rings (SSSR count). The second-order valence-corrected chi connectivity index (χ2v) is 14.2. The quantitative estimate of drug-likeness (QED) is 0.164. The first-order valence-electron chi connectivity index (χ1n) is 16.8. The minimum Gasteiger partial charge on any atom is -0.383 e. The van der Waals surface area contributed by atoms with Crippen molar-refractivity contribution in [3.05, 3.63) is 59.5 Å². The minimum absolute atomic E-state index is 0.0187. The number of nitrogens with one attached hydrogen (secondary N) is 2. The molecule has 50 heavy (non-hydrogen) atoms. The summed E-state index contributed by atoms with van der Waals surface area (Å²) in [6, 6.07) is 8.08. The SMILES string of the molecule is COCCN(C)C(=O)C1CCc2c(sc3nc(Nc4cc5ccnn5cc4N(C)C)nc(Nc4cc5ccnn5cc4N(C)C)c23)C1CCN. The average molecular weight is 697 g/mol. The maximum Gasteiger partial charge on any atom is 0.230 e. The van der Waals surface area contributed by atoms with E-state index < -0.39 is 0 Å². The third kappa shape index (κ3) is 6.16. The Balaban J connectivity index is 1.37. The van der Waals surface area contributed by atoms with Gasteiger partial charge in [-0.25, -0.2) is 14.0 Å². The normalized spacial score (nSPS) is 15.8. The van der Waals surface area contributed by atoms with Crippen molar-refractivity contribution in [1.82, 2.24) is 34.1 Å². The number of nitrogens with zero attached hydrogens (tertiary/aromatic N) is 9. The molecule has 6 aromatic rings. The first-order chi connectivity index (χ1) is 24.2. The van der Waals surface area contributed by atoms with Gasteiger partial charge in [-0.2, -0.15) is 15.2 Å². The molecule has 1 aliphatic carbocycles. The number of amides is 1. The molecule has 6 aromatic heterocycles. The number of nitrogens with two attached hydrogens (primary N) is 1. The lowest BCUT2D eigenvalue weighted by atomic mass is 9.76. The second-order valence-electron chi connectivity index (χ2n) is 13.2. The van der Waals surface area contributed by atoms with E-state index in [9.17, 15) is 4.79 Å².